The predicted molar refractivity (Wildman–Crippen MR) is 57.0 cm³/mol. The minimum atomic E-state index is -0.401. The van der Waals surface area contributed by atoms with E-state index in [0.29, 0.717) is 29.0 Å². The molecule has 3 rings (SSSR count). The molecule has 1 N–H and O–H groups in total. The molecule has 16 heavy (non-hydrogen) atoms. The molecule has 0 heterocycles. The third-order valence-electron chi connectivity index (χ3n) is 3.98. The van der Waals surface area contributed by atoms with Gasteiger partial charge in [0, 0.05) is 5.92 Å². The summed E-state index contributed by atoms with van der Waals surface area (Å²) in [4.78, 5) is 11.5. The fourth-order valence-electron chi connectivity index (χ4n) is 3.33. The minimum absolute atomic E-state index is 0.175. The molecular weight excluding hydrogens is 206 g/mol. The molecule has 4 heteroatoms. The Morgan fingerprint density at radius 3 is 2.94 bits per heavy atom. The van der Waals surface area contributed by atoms with Gasteiger partial charge in [-0.25, -0.2) is 4.79 Å². The zero-order valence-electron chi connectivity index (χ0n) is 8.96. The first-order valence-electron chi connectivity index (χ1n) is 5.47. The van der Waals surface area contributed by atoms with Crippen LogP contribution in [0, 0.1) is 23.7 Å². The summed E-state index contributed by atoms with van der Waals surface area (Å²) in [6.07, 6.45) is 7.40. The van der Waals surface area contributed by atoms with E-state index < -0.39 is 5.97 Å². The number of allylic oxidation sites excluding steroid dienone is 3. The van der Waals surface area contributed by atoms with E-state index in [1.807, 2.05) is 6.08 Å². The summed E-state index contributed by atoms with van der Waals surface area (Å²) in [5, 5.41) is 12.4. The second-order valence-corrected chi connectivity index (χ2v) is 4.61. The van der Waals surface area contributed by atoms with Crippen molar-refractivity contribution in [2.75, 3.05) is 7.11 Å². The lowest BCUT2D eigenvalue weighted by atomic mass is 9.84. The Morgan fingerprint density at radius 1 is 1.50 bits per heavy atom. The summed E-state index contributed by atoms with van der Waals surface area (Å²) in [7, 11) is 1.35. The van der Waals surface area contributed by atoms with Gasteiger partial charge < -0.3 is 9.94 Å². The van der Waals surface area contributed by atoms with Crippen LogP contribution in [0.3, 0.4) is 0 Å². The van der Waals surface area contributed by atoms with Crippen molar-refractivity contribution in [3.63, 3.8) is 0 Å². The number of fused-ring (bicyclic) bond motifs is 5. The topological polar surface area (TPSA) is 58.9 Å². The van der Waals surface area contributed by atoms with Gasteiger partial charge in [-0.15, -0.1) is 0 Å². The third-order valence-corrected chi connectivity index (χ3v) is 3.98. The molecule has 1 saturated carbocycles. The van der Waals surface area contributed by atoms with Crippen molar-refractivity contribution in [3.8, 4) is 0 Å². The Bertz CT molecular complexity index is 436. The van der Waals surface area contributed by atoms with Crippen molar-refractivity contribution in [1.82, 2.24) is 0 Å². The molecule has 0 saturated heterocycles. The second-order valence-electron chi connectivity index (χ2n) is 4.61. The van der Waals surface area contributed by atoms with E-state index in [4.69, 9.17) is 9.94 Å². The summed E-state index contributed by atoms with van der Waals surface area (Å²) >= 11 is 0. The Labute approximate surface area is 93.3 Å². The number of oxime groups is 1. The van der Waals surface area contributed by atoms with Crippen LogP contribution in [0.15, 0.2) is 29.0 Å². The molecule has 3 aliphatic carbocycles. The van der Waals surface area contributed by atoms with Gasteiger partial charge >= 0.3 is 5.97 Å². The Hall–Kier alpha value is -1.58. The van der Waals surface area contributed by atoms with Crippen molar-refractivity contribution >= 4 is 11.7 Å². The van der Waals surface area contributed by atoms with E-state index in [2.05, 4.69) is 17.3 Å². The number of hydrogen-bond donors (Lipinski definition) is 1. The first-order valence-corrected chi connectivity index (χ1v) is 5.47. The molecule has 0 aliphatic heterocycles. The number of nitrogens with zero attached hydrogens (tertiary/aromatic N) is 1. The number of rotatable bonds is 1. The molecule has 4 nitrogen and oxygen atoms in total. The fourth-order valence-corrected chi connectivity index (χ4v) is 3.33. The highest BCUT2D eigenvalue weighted by atomic mass is 16.5. The number of hydrogen-bond acceptors (Lipinski definition) is 4. The van der Waals surface area contributed by atoms with E-state index in [0.717, 1.165) is 6.42 Å². The highest BCUT2D eigenvalue weighted by molar-refractivity contribution is 6.22. The van der Waals surface area contributed by atoms with Gasteiger partial charge in [-0.05, 0) is 24.2 Å². The maximum Gasteiger partial charge on any atom is 0.339 e. The van der Waals surface area contributed by atoms with Crippen LogP contribution in [-0.4, -0.2) is 24.0 Å². The summed E-state index contributed by atoms with van der Waals surface area (Å²) in [5.41, 5.74) is 0.951. The van der Waals surface area contributed by atoms with Gasteiger partial charge in [-0.2, -0.15) is 0 Å². The van der Waals surface area contributed by atoms with Crippen LogP contribution in [0.4, 0.5) is 0 Å². The molecule has 3 aliphatic rings. The van der Waals surface area contributed by atoms with Crippen LogP contribution in [0.1, 0.15) is 6.42 Å². The van der Waals surface area contributed by atoms with Crippen molar-refractivity contribution < 1.29 is 14.7 Å². The molecule has 1 fully saturated rings. The molecule has 2 bridgehead atoms. The first kappa shape index (κ1) is 9.63. The quantitative estimate of drug-likeness (QED) is 0.313. The molecule has 0 aromatic heterocycles. The largest absolute Gasteiger partial charge is 0.465 e. The van der Waals surface area contributed by atoms with Crippen molar-refractivity contribution in [1.29, 1.82) is 0 Å². The van der Waals surface area contributed by atoms with E-state index >= 15 is 0 Å². The lowest BCUT2D eigenvalue weighted by molar-refractivity contribution is -0.135. The molecule has 0 amide bonds. The number of ether oxygens (including phenoxy) is 1. The van der Waals surface area contributed by atoms with Crippen molar-refractivity contribution in [3.05, 3.63) is 23.8 Å². The van der Waals surface area contributed by atoms with E-state index in [1.165, 1.54) is 7.11 Å². The van der Waals surface area contributed by atoms with Gasteiger partial charge in [-0.1, -0.05) is 23.4 Å². The van der Waals surface area contributed by atoms with Gasteiger partial charge in [0.15, 0.2) is 0 Å². The van der Waals surface area contributed by atoms with Crippen LogP contribution in [0.5, 0.6) is 0 Å². The molecule has 0 aromatic carbocycles. The van der Waals surface area contributed by atoms with Gasteiger partial charge in [0.1, 0.15) is 0 Å². The molecule has 0 aromatic rings. The van der Waals surface area contributed by atoms with Crippen LogP contribution in [0.25, 0.3) is 0 Å². The second kappa shape index (κ2) is 3.20. The zero-order valence-corrected chi connectivity index (χ0v) is 8.96. The van der Waals surface area contributed by atoms with Crippen LogP contribution in [-0.2, 0) is 9.53 Å². The molecule has 0 spiro atoms. The van der Waals surface area contributed by atoms with E-state index in [9.17, 15) is 4.79 Å². The normalized spacial score (nSPS) is 41.3. The maximum absolute atomic E-state index is 11.5. The summed E-state index contributed by atoms with van der Waals surface area (Å²) in [6, 6.07) is 0. The Balaban J connectivity index is 2.00. The van der Waals surface area contributed by atoms with E-state index in [1.54, 1.807) is 0 Å². The number of carbonyl (C=O) groups is 1. The van der Waals surface area contributed by atoms with Gasteiger partial charge in [0.25, 0.3) is 0 Å². The third kappa shape index (κ3) is 1.04. The molecule has 4 atom stereocenters. The summed E-state index contributed by atoms with van der Waals surface area (Å²) in [6.45, 7) is 0. The average molecular weight is 219 g/mol. The highest BCUT2D eigenvalue weighted by Gasteiger charge is 2.51. The first-order chi connectivity index (χ1) is 7.76. The number of carbonyl (C=O) groups excluding carboxylic acids is 1. The lowest BCUT2D eigenvalue weighted by Crippen LogP contribution is -2.23. The highest BCUT2D eigenvalue weighted by Crippen LogP contribution is 2.53. The van der Waals surface area contributed by atoms with Gasteiger partial charge in [0.05, 0.1) is 18.4 Å². The molecular formula is C12H13NO3. The smallest absolute Gasteiger partial charge is 0.339 e. The summed E-state index contributed by atoms with van der Waals surface area (Å²) in [5.74, 6) is 0.999. The molecule has 84 valence electrons. The lowest BCUT2D eigenvalue weighted by Gasteiger charge is -2.19. The molecule has 0 radical (unpaired) electrons. The fraction of sp³-hybridized carbons (Fsp3) is 0.500. The number of esters is 1. The SMILES string of the molecule is COC(=O)C1=C[C@@H]2C3C=CC(C3)[C@@H]2/C1=N/O. The van der Waals surface area contributed by atoms with Crippen molar-refractivity contribution in [2.24, 2.45) is 28.8 Å². The van der Waals surface area contributed by atoms with Gasteiger partial charge in [-0.3, -0.25) is 0 Å². The Kier molecular flexibility index (Phi) is 1.93. The van der Waals surface area contributed by atoms with Crippen LogP contribution < -0.4 is 0 Å². The zero-order chi connectivity index (χ0) is 11.3. The van der Waals surface area contributed by atoms with E-state index in [-0.39, 0.29) is 5.92 Å². The maximum atomic E-state index is 11.5. The van der Waals surface area contributed by atoms with Crippen molar-refractivity contribution in [2.45, 2.75) is 6.42 Å². The Morgan fingerprint density at radius 2 is 2.25 bits per heavy atom. The molecule has 2 unspecified atom stereocenters. The number of methoxy groups -OCH3 is 1. The standard InChI is InChI=1S/C12H13NO3/c1-16-12(14)9-5-8-6-2-3-7(4-6)10(8)11(9)13-15/h2-3,5-8,10,15H,4H2,1H3/b13-11+/t6?,7?,8-,10+/m1/s1. The van der Waals surface area contributed by atoms with Crippen LogP contribution in [0.2, 0.25) is 0 Å². The average Bonchev–Trinajstić information content (AvgIpc) is 2.97. The summed E-state index contributed by atoms with van der Waals surface area (Å²) < 4.78 is 4.70. The monoisotopic (exact) mass is 219 g/mol. The minimum Gasteiger partial charge on any atom is -0.465 e. The predicted octanol–water partition coefficient (Wildman–Crippen LogP) is 1.37. The van der Waals surface area contributed by atoms with Crippen LogP contribution >= 0.6 is 0 Å². The van der Waals surface area contributed by atoms with Gasteiger partial charge in [0.2, 0.25) is 0 Å².